The molecule has 0 aliphatic carbocycles. The van der Waals surface area contributed by atoms with E-state index in [-0.39, 0.29) is 5.02 Å². The number of nitro benzene ring substituents is 1. The van der Waals surface area contributed by atoms with Crippen LogP contribution in [0.3, 0.4) is 0 Å². The highest BCUT2D eigenvalue weighted by atomic mass is 35.5. The van der Waals surface area contributed by atoms with Crippen molar-refractivity contribution in [2.24, 2.45) is 0 Å². The molecule has 10 heteroatoms. The monoisotopic (exact) mass is 316 g/mol. The molecular weight excluding hydrogens is 308 g/mol. The number of nitrogens with one attached hydrogen (secondary N) is 1. The summed E-state index contributed by atoms with van der Waals surface area (Å²) in [7, 11) is 0. The Bertz CT molecular complexity index is 617. The third-order valence-corrected chi connectivity index (χ3v) is 2.62. The number of halogens is 1. The zero-order valence-corrected chi connectivity index (χ0v) is 11.0. The van der Waals surface area contributed by atoms with Gasteiger partial charge in [-0.05, 0) is 12.1 Å². The largest absolute Gasteiger partial charge is 0.481 e. The molecule has 1 amide bonds. The van der Waals surface area contributed by atoms with Gasteiger partial charge in [-0.3, -0.25) is 19.7 Å². The van der Waals surface area contributed by atoms with Crippen LogP contribution >= 0.6 is 11.6 Å². The molecule has 0 aliphatic rings. The number of aliphatic carboxylic acids is 2. The third-order valence-electron chi connectivity index (χ3n) is 2.38. The van der Waals surface area contributed by atoms with Gasteiger partial charge in [0, 0.05) is 11.1 Å². The van der Waals surface area contributed by atoms with Gasteiger partial charge in [0.15, 0.2) is 0 Å². The average molecular weight is 317 g/mol. The summed E-state index contributed by atoms with van der Waals surface area (Å²) < 4.78 is 0. The van der Waals surface area contributed by atoms with Crippen LogP contribution in [0.15, 0.2) is 18.2 Å². The van der Waals surface area contributed by atoms with Crippen molar-refractivity contribution in [3.63, 3.8) is 0 Å². The maximum Gasteiger partial charge on any atom is 0.326 e. The minimum absolute atomic E-state index is 0.0378. The fourth-order valence-electron chi connectivity index (χ4n) is 1.46. The molecule has 0 saturated heterocycles. The summed E-state index contributed by atoms with van der Waals surface area (Å²) in [6, 6.07) is 1.47. The number of nitro groups is 1. The van der Waals surface area contributed by atoms with E-state index in [1.165, 1.54) is 6.07 Å². The van der Waals surface area contributed by atoms with Gasteiger partial charge in [-0.25, -0.2) is 4.79 Å². The molecule has 3 N–H and O–H groups in total. The zero-order valence-electron chi connectivity index (χ0n) is 10.3. The van der Waals surface area contributed by atoms with E-state index in [9.17, 15) is 24.5 Å². The number of carboxylic acid groups (broad SMARTS) is 2. The molecule has 0 saturated carbocycles. The standard InChI is InChI=1S/C11H9ClN2O7/c12-5-1-2-8(14(20)21)6(3-5)10(17)13-7(11(18)19)4-9(15)16/h1-3,7H,4H2,(H,13,17)(H,15,16)(H,18,19)/t7-/m1/s1. The lowest BCUT2D eigenvalue weighted by Gasteiger charge is -2.12. The molecule has 0 radical (unpaired) electrons. The molecule has 0 spiro atoms. The smallest absolute Gasteiger partial charge is 0.326 e. The molecule has 0 aliphatic heterocycles. The molecule has 0 unspecified atom stereocenters. The molecule has 112 valence electrons. The molecule has 0 bridgehead atoms. The molecule has 1 aromatic carbocycles. The molecule has 9 nitrogen and oxygen atoms in total. The predicted molar refractivity (Wildman–Crippen MR) is 69.2 cm³/mol. The number of nitrogens with zero attached hydrogens (tertiary/aromatic N) is 1. The van der Waals surface area contributed by atoms with Gasteiger partial charge in [0.1, 0.15) is 11.6 Å². The lowest BCUT2D eigenvalue weighted by molar-refractivity contribution is -0.385. The Morgan fingerprint density at radius 2 is 1.95 bits per heavy atom. The summed E-state index contributed by atoms with van der Waals surface area (Å²) in [5, 5.41) is 30.1. The number of rotatable bonds is 6. The fourth-order valence-corrected chi connectivity index (χ4v) is 1.63. The lowest BCUT2D eigenvalue weighted by Crippen LogP contribution is -2.42. The van der Waals surface area contributed by atoms with Gasteiger partial charge in [-0.1, -0.05) is 11.6 Å². The summed E-state index contributed by atoms with van der Waals surface area (Å²) >= 11 is 5.64. The molecule has 1 atom stereocenters. The van der Waals surface area contributed by atoms with Gasteiger partial charge in [0.05, 0.1) is 11.3 Å². The Hall–Kier alpha value is -2.68. The molecular formula is C11H9ClN2O7. The van der Waals surface area contributed by atoms with Crippen molar-refractivity contribution < 1.29 is 29.5 Å². The van der Waals surface area contributed by atoms with Crippen LogP contribution in [0.5, 0.6) is 0 Å². The molecule has 0 aromatic heterocycles. The first-order valence-corrected chi connectivity index (χ1v) is 5.79. The van der Waals surface area contributed by atoms with E-state index in [4.69, 9.17) is 21.8 Å². The number of carbonyl (C=O) groups excluding carboxylic acids is 1. The van der Waals surface area contributed by atoms with Crippen molar-refractivity contribution in [1.29, 1.82) is 0 Å². The van der Waals surface area contributed by atoms with Crippen LogP contribution < -0.4 is 5.32 Å². The molecule has 0 fully saturated rings. The molecule has 0 heterocycles. The molecule has 1 rings (SSSR count). The minimum atomic E-state index is -1.71. The first-order chi connectivity index (χ1) is 9.72. The summed E-state index contributed by atoms with van der Waals surface area (Å²) in [5.41, 5.74) is -1.03. The van der Waals surface area contributed by atoms with Crippen molar-refractivity contribution in [3.05, 3.63) is 38.9 Å². The summed E-state index contributed by atoms with van der Waals surface area (Å²) in [5.74, 6) is -4.11. The second kappa shape index (κ2) is 6.66. The van der Waals surface area contributed by atoms with Crippen LogP contribution in [-0.2, 0) is 9.59 Å². The maximum atomic E-state index is 11.9. The average Bonchev–Trinajstić information content (AvgIpc) is 2.36. The number of benzene rings is 1. The summed E-state index contributed by atoms with van der Waals surface area (Å²) in [6.07, 6.45) is -0.866. The predicted octanol–water partition coefficient (Wildman–Crippen LogP) is 0.906. The third kappa shape index (κ3) is 4.42. The van der Waals surface area contributed by atoms with Crippen molar-refractivity contribution >= 4 is 35.1 Å². The summed E-state index contributed by atoms with van der Waals surface area (Å²) in [4.78, 5) is 43.2. The molecule has 1 aromatic rings. The first-order valence-electron chi connectivity index (χ1n) is 5.41. The maximum absolute atomic E-state index is 11.9. The Balaban J connectivity index is 3.07. The van der Waals surface area contributed by atoms with E-state index >= 15 is 0 Å². The van der Waals surface area contributed by atoms with Gasteiger partial charge in [0.2, 0.25) is 0 Å². The Labute approximate surface area is 122 Å². The highest BCUT2D eigenvalue weighted by Crippen LogP contribution is 2.22. The minimum Gasteiger partial charge on any atom is -0.481 e. The van der Waals surface area contributed by atoms with Crippen LogP contribution in [0, 0.1) is 10.1 Å². The van der Waals surface area contributed by atoms with Crippen molar-refractivity contribution in [2.75, 3.05) is 0 Å². The van der Waals surface area contributed by atoms with Crippen molar-refractivity contribution in [3.8, 4) is 0 Å². The van der Waals surface area contributed by atoms with Gasteiger partial charge in [-0.2, -0.15) is 0 Å². The number of carbonyl (C=O) groups is 3. The zero-order chi connectivity index (χ0) is 16.2. The lowest BCUT2D eigenvalue weighted by atomic mass is 10.1. The van der Waals surface area contributed by atoms with Gasteiger partial charge >= 0.3 is 11.9 Å². The van der Waals surface area contributed by atoms with Crippen LogP contribution in [0.25, 0.3) is 0 Å². The van der Waals surface area contributed by atoms with E-state index in [2.05, 4.69) is 0 Å². The van der Waals surface area contributed by atoms with Crippen LogP contribution in [-0.4, -0.2) is 39.0 Å². The fraction of sp³-hybridized carbons (Fsp3) is 0.182. The molecule has 21 heavy (non-hydrogen) atoms. The second-order valence-corrected chi connectivity index (χ2v) is 4.32. The summed E-state index contributed by atoms with van der Waals surface area (Å²) in [6.45, 7) is 0. The Morgan fingerprint density at radius 3 is 2.43 bits per heavy atom. The Kier molecular flexibility index (Phi) is 5.19. The topological polar surface area (TPSA) is 147 Å². The number of amides is 1. The van der Waals surface area contributed by atoms with Crippen LogP contribution in [0.2, 0.25) is 5.02 Å². The second-order valence-electron chi connectivity index (χ2n) is 3.88. The van der Waals surface area contributed by atoms with Gasteiger partial charge < -0.3 is 15.5 Å². The number of hydrogen-bond acceptors (Lipinski definition) is 5. The normalized spacial score (nSPS) is 11.5. The highest BCUT2D eigenvalue weighted by molar-refractivity contribution is 6.31. The van der Waals surface area contributed by atoms with E-state index in [0.29, 0.717) is 0 Å². The van der Waals surface area contributed by atoms with Crippen molar-refractivity contribution in [2.45, 2.75) is 12.5 Å². The first kappa shape index (κ1) is 16.4. The van der Waals surface area contributed by atoms with E-state index in [1.54, 1.807) is 0 Å². The van der Waals surface area contributed by atoms with Gasteiger partial charge in [0.25, 0.3) is 11.6 Å². The van der Waals surface area contributed by atoms with Crippen LogP contribution in [0.4, 0.5) is 5.69 Å². The SMILES string of the molecule is O=C(O)C[C@@H](NC(=O)c1cc(Cl)ccc1[N+](=O)[O-])C(=O)O. The highest BCUT2D eigenvalue weighted by Gasteiger charge is 2.27. The van der Waals surface area contributed by atoms with Gasteiger partial charge in [-0.15, -0.1) is 0 Å². The number of carboxylic acids is 2. The van der Waals surface area contributed by atoms with E-state index < -0.39 is 46.5 Å². The van der Waals surface area contributed by atoms with E-state index in [1.807, 2.05) is 5.32 Å². The van der Waals surface area contributed by atoms with Crippen molar-refractivity contribution in [1.82, 2.24) is 5.32 Å². The van der Waals surface area contributed by atoms with Crippen LogP contribution in [0.1, 0.15) is 16.8 Å². The van der Waals surface area contributed by atoms with E-state index in [0.717, 1.165) is 12.1 Å². The number of hydrogen-bond donors (Lipinski definition) is 3. The Morgan fingerprint density at radius 1 is 1.33 bits per heavy atom. The quantitative estimate of drug-likeness (QED) is 0.521.